The van der Waals surface area contributed by atoms with Gasteiger partial charge in [-0.15, -0.1) is 0 Å². The van der Waals surface area contributed by atoms with Crippen LogP contribution in [0.25, 0.3) is 0 Å². The molecule has 0 saturated carbocycles. The molecule has 1 aliphatic heterocycles. The Morgan fingerprint density at radius 2 is 1.82 bits per heavy atom. The van der Waals surface area contributed by atoms with Crippen LogP contribution in [0.5, 0.6) is 5.75 Å². The van der Waals surface area contributed by atoms with Crippen LogP contribution in [0.1, 0.15) is 35.2 Å². The van der Waals surface area contributed by atoms with E-state index in [1.54, 1.807) is 12.1 Å². The van der Waals surface area contributed by atoms with Gasteiger partial charge >= 0.3 is 0 Å². The van der Waals surface area contributed by atoms with Gasteiger partial charge in [-0.3, -0.25) is 9.59 Å². The monoisotopic (exact) mass is 382 g/mol. The summed E-state index contributed by atoms with van der Waals surface area (Å²) in [4.78, 5) is 24.1. The smallest absolute Gasteiger partial charge is 0.251 e. The molecule has 2 aromatic rings. The van der Waals surface area contributed by atoms with Crippen LogP contribution < -0.4 is 15.4 Å². The lowest BCUT2D eigenvalue weighted by molar-refractivity contribution is -0.121. The average Bonchev–Trinajstić information content (AvgIpc) is 3.25. The summed E-state index contributed by atoms with van der Waals surface area (Å²) in [5.41, 5.74) is 1.54. The van der Waals surface area contributed by atoms with E-state index < -0.39 is 0 Å². The maximum atomic E-state index is 12.2. The molecule has 1 aliphatic rings. The molecule has 1 unspecified atom stereocenters. The van der Waals surface area contributed by atoms with Crippen molar-refractivity contribution in [2.45, 2.75) is 31.9 Å². The Labute approximate surface area is 165 Å². The first-order valence-corrected chi connectivity index (χ1v) is 9.64. The fourth-order valence-corrected chi connectivity index (χ4v) is 2.96. The van der Waals surface area contributed by atoms with Gasteiger partial charge in [0.05, 0.1) is 19.1 Å². The minimum atomic E-state index is -0.107. The van der Waals surface area contributed by atoms with Crippen LogP contribution in [0.15, 0.2) is 54.6 Å². The van der Waals surface area contributed by atoms with Gasteiger partial charge in [0, 0.05) is 25.3 Å². The first kappa shape index (κ1) is 19.9. The molecule has 1 atom stereocenters. The zero-order valence-corrected chi connectivity index (χ0v) is 15.9. The zero-order chi connectivity index (χ0) is 19.6. The van der Waals surface area contributed by atoms with E-state index in [9.17, 15) is 9.59 Å². The van der Waals surface area contributed by atoms with Crippen molar-refractivity contribution in [2.24, 2.45) is 0 Å². The van der Waals surface area contributed by atoms with Crippen molar-refractivity contribution in [3.05, 3.63) is 65.7 Å². The summed E-state index contributed by atoms with van der Waals surface area (Å²) in [5, 5.41) is 5.76. The van der Waals surface area contributed by atoms with Crippen molar-refractivity contribution in [3.8, 4) is 5.75 Å². The van der Waals surface area contributed by atoms with Crippen LogP contribution in [0.2, 0.25) is 0 Å². The molecular formula is C22H26N2O4. The molecule has 0 aliphatic carbocycles. The fourth-order valence-electron chi connectivity index (χ4n) is 2.96. The minimum Gasteiger partial charge on any atom is -0.493 e. The van der Waals surface area contributed by atoms with E-state index >= 15 is 0 Å². The highest BCUT2D eigenvalue weighted by Gasteiger charge is 2.16. The highest BCUT2D eigenvalue weighted by atomic mass is 16.5. The summed E-state index contributed by atoms with van der Waals surface area (Å²) in [6.45, 7) is 2.07. The number of benzene rings is 2. The second-order valence-corrected chi connectivity index (χ2v) is 6.73. The van der Waals surface area contributed by atoms with Crippen molar-refractivity contribution in [2.75, 3.05) is 19.8 Å². The number of carbonyl (C=O) groups is 2. The number of ether oxygens (including phenoxy) is 2. The average molecular weight is 382 g/mol. The highest BCUT2D eigenvalue weighted by Crippen LogP contribution is 2.11. The lowest BCUT2D eigenvalue weighted by atomic mass is 10.1. The van der Waals surface area contributed by atoms with Crippen molar-refractivity contribution in [3.63, 3.8) is 0 Å². The quantitative estimate of drug-likeness (QED) is 0.699. The Hall–Kier alpha value is -2.86. The third-order valence-corrected chi connectivity index (χ3v) is 4.56. The first-order valence-electron chi connectivity index (χ1n) is 9.64. The van der Waals surface area contributed by atoms with Gasteiger partial charge in [0.1, 0.15) is 5.75 Å². The Morgan fingerprint density at radius 1 is 1.04 bits per heavy atom. The lowest BCUT2D eigenvalue weighted by Gasteiger charge is -2.11. The van der Waals surface area contributed by atoms with Crippen molar-refractivity contribution >= 4 is 11.8 Å². The van der Waals surface area contributed by atoms with Crippen LogP contribution >= 0.6 is 0 Å². The van der Waals surface area contributed by atoms with Gasteiger partial charge in [-0.2, -0.15) is 0 Å². The number of nitrogens with one attached hydrogen (secondary N) is 2. The van der Waals surface area contributed by atoms with Gasteiger partial charge in [-0.1, -0.05) is 30.3 Å². The molecule has 3 rings (SSSR count). The Kier molecular flexibility index (Phi) is 7.44. The Balaban J connectivity index is 1.35. The van der Waals surface area contributed by atoms with Gasteiger partial charge in [0.25, 0.3) is 5.91 Å². The van der Waals surface area contributed by atoms with Crippen molar-refractivity contribution < 1.29 is 19.1 Å². The summed E-state index contributed by atoms with van der Waals surface area (Å²) in [6.07, 6.45) is 2.47. The van der Waals surface area contributed by atoms with E-state index in [2.05, 4.69) is 10.6 Å². The third kappa shape index (κ3) is 6.39. The van der Waals surface area contributed by atoms with E-state index in [0.717, 1.165) is 30.8 Å². The molecule has 0 radical (unpaired) electrons. The van der Waals surface area contributed by atoms with E-state index in [1.165, 1.54) is 0 Å². The van der Waals surface area contributed by atoms with Crippen LogP contribution in [0, 0.1) is 0 Å². The number of amides is 2. The summed E-state index contributed by atoms with van der Waals surface area (Å²) < 4.78 is 11.0. The molecular weight excluding hydrogens is 356 g/mol. The predicted octanol–water partition coefficient (Wildman–Crippen LogP) is 2.68. The zero-order valence-electron chi connectivity index (χ0n) is 15.9. The fraction of sp³-hybridized carbons (Fsp3) is 0.364. The minimum absolute atomic E-state index is 0.0747. The predicted molar refractivity (Wildman–Crippen MR) is 106 cm³/mol. The molecule has 148 valence electrons. The van der Waals surface area contributed by atoms with Crippen LogP contribution in [0.3, 0.4) is 0 Å². The molecule has 1 fully saturated rings. The standard InChI is InChI=1S/C22H26N2O4/c25-21(12-14-28-19-5-2-1-3-6-19)23-15-17-8-10-18(11-9-17)22(26)24-16-20-7-4-13-27-20/h1-3,5-6,8-11,20H,4,7,12-16H2,(H,23,25)(H,24,26). The number of hydrogen-bond donors (Lipinski definition) is 2. The second kappa shape index (κ2) is 10.5. The summed E-state index contributed by atoms with van der Waals surface area (Å²) in [7, 11) is 0. The maximum absolute atomic E-state index is 12.2. The van der Waals surface area contributed by atoms with Crippen LogP contribution in [0.4, 0.5) is 0 Å². The molecule has 2 aromatic carbocycles. The normalized spacial score (nSPS) is 15.8. The third-order valence-electron chi connectivity index (χ3n) is 4.56. The van der Waals surface area contributed by atoms with Crippen LogP contribution in [-0.2, 0) is 16.1 Å². The van der Waals surface area contributed by atoms with E-state index in [4.69, 9.17) is 9.47 Å². The molecule has 0 spiro atoms. The first-order chi connectivity index (χ1) is 13.7. The molecule has 0 bridgehead atoms. The molecule has 2 N–H and O–H groups in total. The number of hydrogen-bond acceptors (Lipinski definition) is 4. The Bertz CT molecular complexity index is 756. The van der Waals surface area contributed by atoms with E-state index in [1.807, 2.05) is 42.5 Å². The lowest BCUT2D eigenvalue weighted by Crippen LogP contribution is -2.31. The van der Waals surface area contributed by atoms with Gasteiger partial charge in [0.2, 0.25) is 5.91 Å². The molecule has 6 nitrogen and oxygen atoms in total. The largest absolute Gasteiger partial charge is 0.493 e. The molecule has 0 aromatic heterocycles. The highest BCUT2D eigenvalue weighted by molar-refractivity contribution is 5.94. The number of carbonyl (C=O) groups excluding carboxylic acids is 2. The maximum Gasteiger partial charge on any atom is 0.251 e. The van der Waals surface area contributed by atoms with Gasteiger partial charge in [-0.25, -0.2) is 0 Å². The summed E-state index contributed by atoms with van der Waals surface area (Å²) >= 11 is 0. The second-order valence-electron chi connectivity index (χ2n) is 6.73. The molecule has 1 saturated heterocycles. The molecule has 28 heavy (non-hydrogen) atoms. The van der Waals surface area contributed by atoms with Crippen LogP contribution in [-0.4, -0.2) is 37.7 Å². The summed E-state index contributed by atoms with van der Waals surface area (Å²) in [5.74, 6) is 0.571. The summed E-state index contributed by atoms with van der Waals surface area (Å²) in [6, 6.07) is 16.6. The molecule has 6 heteroatoms. The molecule has 1 heterocycles. The van der Waals surface area contributed by atoms with Gasteiger partial charge in [0.15, 0.2) is 0 Å². The SMILES string of the molecule is O=C(CCOc1ccccc1)NCc1ccc(C(=O)NCC2CCCO2)cc1. The van der Waals surface area contributed by atoms with E-state index in [0.29, 0.717) is 31.7 Å². The topological polar surface area (TPSA) is 76.7 Å². The van der Waals surface area contributed by atoms with Crippen molar-refractivity contribution in [1.82, 2.24) is 10.6 Å². The van der Waals surface area contributed by atoms with Gasteiger partial charge < -0.3 is 20.1 Å². The van der Waals surface area contributed by atoms with Gasteiger partial charge in [-0.05, 0) is 42.7 Å². The number of para-hydroxylation sites is 1. The van der Waals surface area contributed by atoms with Crippen molar-refractivity contribution in [1.29, 1.82) is 0 Å². The molecule has 2 amide bonds. The van der Waals surface area contributed by atoms with E-state index in [-0.39, 0.29) is 17.9 Å². The Morgan fingerprint density at radius 3 is 2.54 bits per heavy atom. The number of rotatable bonds is 9.